The molecule has 0 atom stereocenters. The molecule has 0 unspecified atom stereocenters. The number of aromatic nitrogens is 3. The van der Waals surface area contributed by atoms with Crippen LogP contribution in [0.5, 0.6) is 0 Å². The maximum absolute atomic E-state index is 13.1. The van der Waals surface area contributed by atoms with E-state index in [9.17, 15) is 9.18 Å². The van der Waals surface area contributed by atoms with Crippen LogP contribution in [0.25, 0.3) is 11.4 Å². The van der Waals surface area contributed by atoms with Gasteiger partial charge in [0.05, 0.1) is 10.8 Å². The van der Waals surface area contributed by atoms with Gasteiger partial charge in [0, 0.05) is 44.5 Å². The molecular weight excluding hydrogens is 425 g/mol. The van der Waals surface area contributed by atoms with E-state index in [0.29, 0.717) is 34.8 Å². The number of hydrogen-bond donors (Lipinski definition) is 0. The highest BCUT2D eigenvalue weighted by Gasteiger charge is 2.22. The van der Waals surface area contributed by atoms with Crippen molar-refractivity contribution >= 4 is 35.0 Å². The SMILES string of the molecule is Cn1c(SCC(=O)N2CCN(c3ccc(F)cc3)CC2)nnc1-c1ccccc1Cl. The van der Waals surface area contributed by atoms with E-state index >= 15 is 0 Å². The standard InChI is InChI=1S/C21H21ClFN5OS/c1-26-20(17-4-2-3-5-18(17)22)24-25-21(26)30-14-19(29)28-12-10-27(11-13-28)16-8-6-15(23)7-9-16/h2-9H,10-14H2,1H3. The molecule has 2 heterocycles. The van der Waals surface area contributed by atoms with Crippen LogP contribution in [0.2, 0.25) is 5.02 Å². The smallest absolute Gasteiger partial charge is 0.233 e. The highest BCUT2D eigenvalue weighted by molar-refractivity contribution is 7.99. The van der Waals surface area contributed by atoms with Crippen molar-refractivity contribution in [1.82, 2.24) is 19.7 Å². The van der Waals surface area contributed by atoms with Crippen LogP contribution in [0.3, 0.4) is 0 Å². The van der Waals surface area contributed by atoms with E-state index in [4.69, 9.17) is 11.6 Å². The molecule has 2 aromatic carbocycles. The summed E-state index contributed by atoms with van der Waals surface area (Å²) in [6, 6.07) is 13.9. The number of thioether (sulfide) groups is 1. The average molecular weight is 446 g/mol. The molecule has 9 heteroatoms. The molecular formula is C21H21ClFN5OS. The number of nitrogens with zero attached hydrogens (tertiary/aromatic N) is 5. The minimum Gasteiger partial charge on any atom is -0.368 e. The van der Waals surface area contributed by atoms with Gasteiger partial charge in [-0.15, -0.1) is 10.2 Å². The first-order chi connectivity index (χ1) is 14.5. The number of benzene rings is 2. The zero-order valence-electron chi connectivity index (χ0n) is 16.5. The zero-order chi connectivity index (χ0) is 21.1. The van der Waals surface area contributed by atoms with Gasteiger partial charge >= 0.3 is 0 Å². The lowest BCUT2D eigenvalue weighted by atomic mass is 10.2. The van der Waals surface area contributed by atoms with Crippen LogP contribution in [0, 0.1) is 5.82 Å². The monoisotopic (exact) mass is 445 g/mol. The van der Waals surface area contributed by atoms with E-state index in [1.54, 1.807) is 12.1 Å². The molecule has 1 aliphatic heterocycles. The second kappa shape index (κ2) is 9.06. The molecule has 0 bridgehead atoms. The van der Waals surface area contributed by atoms with Crippen LogP contribution in [-0.2, 0) is 11.8 Å². The molecule has 1 aromatic heterocycles. The summed E-state index contributed by atoms with van der Waals surface area (Å²) in [5.74, 6) is 0.793. The first kappa shape index (κ1) is 20.7. The summed E-state index contributed by atoms with van der Waals surface area (Å²) in [7, 11) is 1.87. The van der Waals surface area contributed by atoms with Gasteiger partial charge in [-0.3, -0.25) is 4.79 Å². The molecule has 0 N–H and O–H groups in total. The molecule has 6 nitrogen and oxygen atoms in total. The van der Waals surface area contributed by atoms with Crippen LogP contribution in [0.1, 0.15) is 0 Å². The van der Waals surface area contributed by atoms with E-state index in [2.05, 4.69) is 15.1 Å². The van der Waals surface area contributed by atoms with Gasteiger partial charge in [-0.2, -0.15) is 0 Å². The summed E-state index contributed by atoms with van der Waals surface area (Å²) in [4.78, 5) is 16.7. The van der Waals surface area contributed by atoms with Crippen molar-refractivity contribution in [2.75, 3.05) is 36.8 Å². The first-order valence-corrected chi connectivity index (χ1v) is 10.9. The lowest BCUT2D eigenvalue weighted by Gasteiger charge is -2.36. The molecule has 156 valence electrons. The Balaban J connectivity index is 1.32. The zero-order valence-corrected chi connectivity index (χ0v) is 18.0. The van der Waals surface area contributed by atoms with Crippen molar-refractivity contribution in [3.05, 3.63) is 59.4 Å². The van der Waals surface area contributed by atoms with Crippen molar-refractivity contribution in [2.24, 2.45) is 7.05 Å². The predicted octanol–water partition coefficient (Wildman–Crippen LogP) is 3.72. The fraction of sp³-hybridized carbons (Fsp3) is 0.286. The molecule has 1 fully saturated rings. The number of rotatable bonds is 5. The number of halogens is 2. The lowest BCUT2D eigenvalue weighted by molar-refractivity contribution is -0.128. The summed E-state index contributed by atoms with van der Waals surface area (Å²) in [5.41, 5.74) is 1.79. The van der Waals surface area contributed by atoms with Gasteiger partial charge in [0.25, 0.3) is 0 Å². The fourth-order valence-corrected chi connectivity index (χ4v) is 4.44. The second-order valence-corrected chi connectivity index (χ2v) is 8.33. The van der Waals surface area contributed by atoms with Gasteiger partial charge in [0.1, 0.15) is 5.82 Å². The summed E-state index contributed by atoms with van der Waals surface area (Å²) >= 11 is 7.63. The van der Waals surface area contributed by atoms with Crippen LogP contribution >= 0.6 is 23.4 Å². The van der Waals surface area contributed by atoms with E-state index in [1.807, 2.05) is 40.8 Å². The Labute approximate surface area is 183 Å². The highest BCUT2D eigenvalue weighted by atomic mass is 35.5. The fourth-order valence-electron chi connectivity index (χ4n) is 3.40. The summed E-state index contributed by atoms with van der Waals surface area (Å²) < 4.78 is 15.0. The summed E-state index contributed by atoms with van der Waals surface area (Å²) in [6.45, 7) is 2.73. The van der Waals surface area contributed by atoms with Crippen LogP contribution in [0.4, 0.5) is 10.1 Å². The molecule has 0 aliphatic carbocycles. The first-order valence-electron chi connectivity index (χ1n) is 9.58. The normalized spacial score (nSPS) is 14.2. The Hall–Kier alpha value is -2.58. The molecule has 1 aliphatic rings. The quantitative estimate of drug-likeness (QED) is 0.560. The maximum atomic E-state index is 13.1. The number of carbonyl (C=O) groups is 1. The second-order valence-electron chi connectivity index (χ2n) is 6.98. The molecule has 30 heavy (non-hydrogen) atoms. The predicted molar refractivity (Wildman–Crippen MR) is 117 cm³/mol. The molecule has 3 aromatic rings. The Morgan fingerprint density at radius 3 is 2.47 bits per heavy atom. The number of carbonyl (C=O) groups excluding carboxylic acids is 1. The average Bonchev–Trinajstić information content (AvgIpc) is 3.13. The van der Waals surface area contributed by atoms with E-state index in [0.717, 1.165) is 24.3 Å². The largest absolute Gasteiger partial charge is 0.368 e. The van der Waals surface area contributed by atoms with Gasteiger partial charge in [-0.1, -0.05) is 35.5 Å². The molecule has 0 spiro atoms. The number of hydrogen-bond acceptors (Lipinski definition) is 5. The molecule has 0 radical (unpaired) electrons. The van der Waals surface area contributed by atoms with Crippen LogP contribution < -0.4 is 4.90 Å². The molecule has 0 saturated carbocycles. The van der Waals surface area contributed by atoms with Gasteiger partial charge in [0.15, 0.2) is 11.0 Å². The molecule has 1 amide bonds. The lowest BCUT2D eigenvalue weighted by Crippen LogP contribution is -2.49. The molecule has 4 rings (SSSR count). The van der Waals surface area contributed by atoms with Crippen molar-refractivity contribution in [2.45, 2.75) is 5.16 Å². The third-order valence-corrected chi connectivity index (χ3v) is 6.43. The third kappa shape index (κ3) is 4.44. The van der Waals surface area contributed by atoms with Gasteiger partial charge in [-0.25, -0.2) is 4.39 Å². The minimum absolute atomic E-state index is 0.0704. The summed E-state index contributed by atoms with van der Waals surface area (Å²) in [5, 5.41) is 9.73. The maximum Gasteiger partial charge on any atom is 0.233 e. The van der Waals surface area contributed by atoms with Crippen molar-refractivity contribution < 1.29 is 9.18 Å². The number of amides is 1. The Bertz CT molecular complexity index is 1030. The van der Waals surface area contributed by atoms with Crippen molar-refractivity contribution in [3.63, 3.8) is 0 Å². The Morgan fingerprint density at radius 2 is 1.77 bits per heavy atom. The van der Waals surface area contributed by atoms with E-state index in [1.165, 1.54) is 23.9 Å². The summed E-state index contributed by atoms with van der Waals surface area (Å²) in [6.07, 6.45) is 0. The van der Waals surface area contributed by atoms with Crippen LogP contribution in [-0.4, -0.2) is 57.5 Å². The highest BCUT2D eigenvalue weighted by Crippen LogP contribution is 2.28. The van der Waals surface area contributed by atoms with Crippen molar-refractivity contribution in [1.29, 1.82) is 0 Å². The van der Waals surface area contributed by atoms with Crippen LogP contribution in [0.15, 0.2) is 53.7 Å². The van der Waals surface area contributed by atoms with Crippen molar-refractivity contribution in [3.8, 4) is 11.4 Å². The molecule has 1 saturated heterocycles. The van der Waals surface area contributed by atoms with E-state index < -0.39 is 0 Å². The number of piperazine rings is 1. The van der Waals surface area contributed by atoms with E-state index in [-0.39, 0.29) is 11.7 Å². The topological polar surface area (TPSA) is 54.3 Å². The van der Waals surface area contributed by atoms with Gasteiger partial charge < -0.3 is 14.4 Å². The van der Waals surface area contributed by atoms with Gasteiger partial charge in [-0.05, 0) is 36.4 Å². The number of anilines is 1. The Morgan fingerprint density at radius 1 is 1.07 bits per heavy atom. The third-order valence-electron chi connectivity index (χ3n) is 5.10. The minimum atomic E-state index is -0.244. The van der Waals surface area contributed by atoms with Gasteiger partial charge in [0.2, 0.25) is 5.91 Å². The Kier molecular flexibility index (Phi) is 6.24.